The van der Waals surface area contributed by atoms with E-state index in [1.165, 1.54) is 16.2 Å². The van der Waals surface area contributed by atoms with Crippen molar-refractivity contribution in [1.82, 2.24) is 20.2 Å². The molecule has 0 aromatic carbocycles. The third-order valence-electron chi connectivity index (χ3n) is 4.55. The molecule has 0 aliphatic heterocycles. The molecule has 0 saturated heterocycles. The van der Waals surface area contributed by atoms with Crippen molar-refractivity contribution < 1.29 is 9.59 Å². The first-order chi connectivity index (χ1) is 13.2. The van der Waals surface area contributed by atoms with Gasteiger partial charge in [-0.05, 0) is 51.8 Å². The first-order valence-electron chi connectivity index (χ1n) is 9.10. The number of pyridine rings is 1. The van der Waals surface area contributed by atoms with Gasteiger partial charge in [0.1, 0.15) is 10.9 Å². The maximum absolute atomic E-state index is 13.3. The van der Waals surface area contributed by atoms with Crippen LogP contribution in [0.4, 0.5) is 0 Å². The number of thiazole rings is 1. The molecule has 1 unspecified atom stereocenters. The smallest absolute Gasteiger partial charge is 0.267 e. The van der Waals surface area contributed by atoms with Crippen molar-refractivity contribution >= 4 is 23.2 Å². The van der Waals surface area contributed by atoms with Crippen LogP contribution in [-0.2, 0) is 4.79 Å². The van der Waals surface area contributed by atoms with E-state index in [1.54, 1.807) is 31.5 Å². The largest absolute Gasteiger partial charge is 0.349 e. The Kier molecular flexibility index (Phi) is 6.92. The molecule has 1 N–H and O–H groups in total. The zero-order valence-corrected chi connectivity index (χ0v) is 17.8. The predicted octanol–water partition coefficient (Wildman–Crippen LogP) is 3.28. The number of carbonyl (C=O) groups excluding carboxylic acids is 2. The number of aromatic nitrogens is 2. The van der Waals surface area contributed by atoms with Gasteiger partial charge < -0.3 is 10.2 Å². The molecule has 148 valence electrons. The van der Waals surface area contributed by atoms with Crippen LogP contribution in [0.25, 0.3) is 0 Å². The summed E-state index contributed by atoms with van der Waals surface area (Å²) in [5.41, 5.74) is 0.878. The zero-order valence-electron chi connectivity index (χ0n) is 16.9. The average molecular weight is 399 g/mol. The van der Waals surface area contributed by atoms with Crippen LogP contribution >= 0.6 is 11.3 Å². The topological polar surface area (TPSA) is 75.2 Å². The van der Waals surface area contributed by atoms with Crippen molar-refractivity contribution in [2.45, 2.75) is 52.6 Å². The maximum atomic E-state index is 13.3. The summed E-state index contributed by atoms with van der Waals surface area (Å²) >= 11 is 1.30. The van der Waals surface area contributed by atoms with Crippen molar-refractivity contribution in [3.63, 3.8) is 0 Å². The van der Waals surface area contributed by atoms with Crippen LogP contribution in [0.15, 0.2) is 24.5 Å². The Morgan fingerprint density at radius 1 is 1.32 bits per heavy atom. The molecule has 1 atom stereocenters. The van der Waals surface area contributed by atoms with Crippen LogP contribution in [-0.4, -0.2) is 38.8 Å². The van der Waals surface area contributed by atoms with Crippen molar-refractivity contribution in [2.24, 2.45) is 0 Å². The number of hydrogen-bond donors (Lipinski definition) is 1. The summed E-state index contributed by atoms with van der Waals surface area (Å²) < 4.78 is 0. The third kappa shape index (κ3) is 4.96. The second-order valence-corrected chi connectivity index (χ2v) is 8.40. The minimum Gasteiger partial charge on any atom is -0.349 e. The molecule has 0 aliphatic carbocycles. The minimum absolute atomic E-state index is 0.00217. The molecular weight excluding hydrogens is 372 g/mol. The molecule has 0 bridgehead atoms. The van der Waals surface area contributed by atoms with Crippen LogP contribution < -0.4 is 5.32 Å². The minimum atomic E-state index is -0.862. The summed E-state index contributed by atoms with van der Waals surface area (Å²) in [5.74, 6) is 1.94. The number of rotatable bonds is 7. The summed E-state index contributed by atoms with van der Waals surface area (Å²) in [7, 11) is 0. The average Bonchev–Trinajstić information content (AvgIpc) is 2.99. The van der Waals surface area contributed by atoms with Gasteiger partial charge in [-0.1, -0.05) is 12.8 Å². The van der Waals surface area contributed by atoms with E-state index < -0.39 is 11.6 Å². The Bertz CT molecular complexity index is 884. The molecule has 0 aliphatic rings. The first-order valence-corrected chi connectivity index (χ1v) is 9.92. The van der Waals surface area contributed by atoms with E-state index >= 15 is 0 Å². The molecule has 2 amide bonds. The fraction of sp³-hybridized carbons (Fsp3) is 0.429. The molecule has 0 fully saturated rings. The van der Waals surface area contributed by atoms with Gasteiger partial charge in [-0.2, -0.15) is 0 Å². The predicted molar refractivity (Wildman–Crippen MR) is 111 cm³/mol. The quantitative estimate of drug-likeness (QED) is 0.727. The van der Waals surface area contributed by atoms with Crippen molar-refractivity contribution in [3.05, 3.63) is 45.7 Å². The number of amides is 2. The van der Waals surface area contributed by atoms with Crippen LogP contribution in [0.2, 0.25) is 0 Å². The fourth-order valence-electron chi connectivity index (χ4n) is 2.75. The molecule has 2 aromatic heterocycles. The molecule has 6 nitrogen and oxygen atoms in total. The Labute approximate surface area is 170 Å². The van der Waals surface area contributed by atoms with E-state index in [1.807, 2.05) is 27.7 Å². The zero-order chi connectivity index (χ0) is 20.9. The number of terminal acetylenes is 1. The molecule has 0 saturated carbocycles. The lowest BCUT2D eigenvalue weighted by molar-refractivity contribution is -0.127. The number of carbonyl (C=O) groups is 2. The van der Waals surface area contributed by atoms with Crippen molar-refractivity contribution in [1.29, 1.82) is 0 Å². The summed E-state index contributed by atoms with van der Waals surface area (Å²) in [6, 6.07) is 2.59. The Balaban J connectivity index is 2.51. The van der Waals surface area contributed by atoms with Gasteiger partial charge >= 0.3 is 0 Å². The van der Waals surface area contributed by atoms with Crippen molar-refractivity contribution in [2.75, 3.05) is 6.54 Å². The highest BCUT2D eigenvalue weighted by molar-refractivity contribution is 7.13. The van der Waals surface area contributed by atoms with Crippen LogP contribution in [0.1, 0.15) is 59.2 Å². The van der Waals surface area contributed by atoms with Crippen LogP contribution in [0.3, 0.4) is 0 Å². The van der Waals surface area contributed by atoms with E-state index in [9.17, 15) is 9.59 Å². The van der Waals surface area contributed by atoms with Gasteiger partial charge in [0, 0.05) is 17.9 Å². The van der Waals surface area contributed by atoms with E-state index in [-0.39, 0.29) is 18.4 Å². The molecular formula is C21H26N4O2S. The van der Waals surface area contributed by atoms with E-state index in [2.05, 4.69) is 21.2 Å². The number of aryl methyl sites for hydroxylation is 2. The SMILES string of the molecule is C#CCN(C(=O)c1sc(C)nc1C)C(C(=O)NC(C)(C)CC)c1ccncc1. The highest BCUT2D eigenvalue weighted by atomic mass is 32.1. The van der Waals surface area contributed by atoms with Crippen LogP contribution in [0.5, 0.6) is 0 Å². The number of nitrogens with one attached hydrogen (secondary N) is 1. The second-order valence-electron chi connectivity index (χ2n) is 7.19. The Morgan fingerprint density at radius 3 is 2.46 bits per heavy atom. The normalized spacial score (nSPS) is 12.1. The fourth-order valence-corrected chi connectivity index (χ4v) is 3.62. The highest BCUT2D eigenvalue weighted by Gasteiger charge is 2.35. The lowest BCUT2D eigenvalue weighted by Crippen LogP contribution is -2.50. The standard InChI is InChI=1S/C21H26N4O2S/c1-7-13-25(20(27)18-14(3)23-15(4)28-18)17(16-9-11-22-12-10-16)19(26)24-21(5,6)8-2/h1,9-12,17H,8,13H2,2-6H3,(H,24,26). The third-order valence-corrected chi connectivity index (χ3v) is 5.61. The molecule has 2 rings (SSSR count). The molecule has 7 heteroatoms. The maximum Gasteiger partial charge on any atom is 0.267 e. The Hall–Kier alpha value is -2.72. The summed E-state index contributed by atoms with van der Waals surface area (Å²) in [5, 5.41) is 3.83. The summed E-state index contributed by atoms with van der Waals surface area (Å²) in [6.45, 7) is 9.51. The van der Waals surface area contributed by atoms with Gasteiger partial charge in [0.25, 0.3) is 5.91 Å². The number of nitrogens with zero attached hydrogens (tertiary/aromatic N) is 3. The van der Waals surface area contributed by atoms with Gasteiger partial charge in [-0.3, -0.25) is 14.6 Å². The van der Waals surface area contributed by atoms with Gasteiger partial charge in [-0.15, -0.1) is 17.8 Å². The summed E-state index contributed by atoms with van der Waals surface area (Å²) in [4.78, 5) is 36.9. The lowest BCUT2D eigenvalue weighted by atomic mass is 9.99. The van der Waals surface area contributed by atoms with Gasteiger partial charge in [0.05, 0.1) is 17.2 Å². The van der Waals surface area contributed by atoms with E-state index in [4.69, 9.17) is 6.42 Å². The van der Waals surface area contributed by atoms with Gasteiger partial charge in [0.15, 0.2) is 0 Å². The van der Waals surface area contributed by atoms with Crippen molar-refractivity contribution in [3.8, 4) is 12.3 Å². The monoisotopic (exact) mass is 398 g/mol. The number of hydrogen-bond acceptors (Lipinski definition) is 5. The van der Waals surface area contributed by atoms with Gasteiger partial charge in [-0.25, -0.2) is 4.98 Å². The van der Waals surface area contributed by atoms with Gasteiger partial charge in [0.2, 0.25) is 5.91 Å². The van der Waals surface area contributed by atoms with Crippen LogP contribution in [0, 0.1) is 26.2 Å². The molecule has 0 spiro atoms. The first kappa shape index (κ1) is 21.6. The van der Waals surface area contributed by atoms with E-state index in [0.717, 1.165) is 11.4 Å². The lowest BCUT2D eigenvalue weighted by Gasteiger charge is -2.33. The second kappa shape index (κ2) is 8.98. The molecule has 28 heavy (non-hydrogen) atoms. The van der Waals surface area contributed by atoms with E-state index in [0.29, 0.717) is 16.1 Å². The summed E-state index contributed by atoms with van der Waals surface area (Å²) in [6.07, 6.45) is 9.50. The molecule has 2 heterocycles. The highest BCUT2D eigenvalue weighted by Crippen LogP contribution is 2.27. The molecule has 0 radical (unpaired) electrons. The molecule has 2 aromatic rings. The Morgan fingerprint density at radius 2 is 1.96 bits per heavy atom.